The number of nitrogens with zero attached hydrogens (tertiary/aromatic N) is 1. The van der Waals surface area contributed by atoms with Gasteiger partial charge in [-0.2, -0.15) is 0 Å². The number of methoxy groups -OCH3 is 1. The quantitative estimate of drug-likeness (QED) is 0.0597. The van der Waals surface area contributed by atoms with Crippen molar-refractivity contribution in [3.05, 3.63) is 105 Å². The van der Waals surface area contributed by atoms with Gasteiger partial charge < -0.3 is 64.2 Å². The zero-order valence-electron chi connectivity index (χ0n) is 42.6. The Morgan fingerprint density at radius 1 is 1.03 bits per heavy atom. The van der Waals surface area contributed by atoms with Crippen LogP contribution in [0.5, 0.6) is 17.2 Å². The number of likely N-dealkylation sites (tertiary alicyclic amines) is 1. The number of carbonyl (C=O) groups is 3. The van der Waals surface area contributed by atoms with Crippen molar-refractivity contribution in [2.24, 2.45) is 40.4 Å². The monoisotopic (exact) mass is 1030 g/mol. The second kappa shape index (κ2) is 18.9. The Morgan fingerprint density at radius 3 is 2.64 bits per heavy atom. The van der Waals surface area contributed by atoms with Gasteiger partial charge in [-0.25, -0.2) is 4.79 Å². The first-order valence-corrected chi connectivity index (χ1v) is 27.0. The highest BCUT2D eigenvalue weighted by molar-refractivity contribution is 6.11. The highest BCUT2D eigenvalue weighted by Crippen LogP contribution is 2.75. The number of aromatic nitrogens is 1. The van der Waals surface area contributed by atoms with Crippen molar-refractivity contribution in [1.29, 1.82) is 0 Å². The summed E-state index contributed by atoms with van der Waals surface area (Å²) in [6.45, 7) is 2.60. The summed E-state index contributed by atoms with van der Waals surface area (Å²) in [4.78, 5) is 48.5. The van der Waals surface area contributed by atoms with E-state index < -0.39 is 82.7 Å². The molecule has 2 aromatic carbocycles. The molecule has 7 N–H and O–H groups in total. The van der Waals surface area contributed by atoms with Gasteiger partial charge in [-0.05, 0) is 117 Å². The fourth-order valence-electron chi connectivity index (χ4n) is 15.8. The number of hydrogen-bond donors (Lipinski definition) is 7. The molecule has 16 heteroatoms. The lowest BCUT2D eigenvalue weighted by molar-refractivity contribution is -0.286. The predicted molar refractivity (Wildman–Crippen MR) is 273 cm³/mol. The standard InChI is InChI=1S/C59H68N2O14/c1-3-72-55(69)53-43(29-65)47-35-19-36(27-63)49(68)40(21-35)39-20-34-9-15-60-45(34)22-33(39)6-5-32(26-62)31-73-51-42-24-58(75-50(42)44(30-66)52(74-53)48(47)51)13-11-56-10-12-57-14-17-61(16-4-18-71-2)25-38(57)23-41(54(56)59(57,58)70)46(67)8-7-37(56)28-64/h7-9,11,13,15,20,22-23,29,32,36-38,40,46,54,60,62-64,66-67,70H,3-6,10,12,14,16-19,21,24-28,30-31H2,1-2H3. The van der Waals surface area contributed by atoms with Gasteiger partial charge in [0.15, 0.2) is 11.9 Å². The number of aromatic amines is 1. The number of aliphatic hydroxyl groups is 6. The highest BCUT2D eigenvalue weighted by atomic mass is 16.6. The molecule has 5 aliphatic carbocycles. The maximum Gasteiger partial charge on any atom is 0.375 e. The first kappa shape index (κ1) is 50.4. The Hall–Kier alpha value is -5.43. The second-order valence-electron chi connectivity index (χ2n) is 22.7. The summed E-state index contributed by atoms with van der Waals surface area (Å²) in [5, 5.41) is 73.1. The van der Waals surface area contributed by atoms with Gasteiger partial charge >= 0.3 is 5.97 Å². The number of H-pyrrole nitrogens is 1. The molecule has 16 nitrogen and oxygen atoms in total. The van der Waals surface area contributed by atoms with Crippen LogP contribution in [-0.4, -0.2) is 142 Å². The Balaban J connectivity index is 1.10. The summed E-state index contributed by atoms with van der Waals surface area (Å²) in [6, 6.07) is 5.96. The lowest BCUT2D eigenvalue weighted by atomic mass is 9.34. The number of ether oxygens (including phenoxy) is 5. The number of hydrogen-bond acceptors (Lipinski definition) is 15. The molecule has 0 amide bonds. The number of esters is 1. The van der Waals surface area contributed by atoms with E-state index in [2.05, 4.69) is 22.0 Å². The number of fused-ring (bicyclic) bond motifs is 7. The fourth-order valence-corrected chi connectivity index (χ4v) is 15.8. The van der Waals surface area contributed by atoms with E-state index in [0.29, 0.717) is 74.8 Å². The number of allylic oxidation sites excluding steroid dienone is 4. The third kappa shape index (κ3) is 7.19. The van der Waals surface area contributed by atoms with E-state index in [1.807, 2.05) is 36.5 Å². The van der Waals surface area contributed by atoms with Crippen molar-refractivity contribution >= 4 is 34.5 Å². The van der Waals surface area contributed by atoms with Crippen molar-refractivity contribution in [2.75, 3.05) is 66.4 Å². The molecule has 11 atom stereocenters. The average molecular weight is 1030 g/mol. The number of aliphatic hydroxyl groups excluding tert-OH is 5. The summed E-state index contributed by atoms with van der Waals surface area (Å²) < 4.78 is 32.3. The zero-order chi connectivity index (χ0) is 52.2. The number of nitrogens with one attached hydrogen (secondary N) is 1. The number of piperidine rings is 1. The molecule has 4 aliphatic heterocycles. The first-order chi connectivity index (χ1) is 36.4. The zero-order valence-corrected chi connectivity index (χ0v) is 42.6. The molecule has 12 rings (SSSR count). The van der Waals surface area contributed by atoms with Crippen LogP contribution in [0.3, 0.4) is 0 Å². The molecule has 3 aromatic rings. The number of benzene rings is 2. The predicted octanol–water partition coefficient (Wildman–Crippen LogP) is 4.71. The van der Waals surface area contributed by atoms with Crippen LogP contribution >= 0.6 is 0 Å². The number of carbonyl (C=O) groups excluding carboxylic acids is 3. The van der Waals surface area contributed by atoms with Crippen molar-refractivity contribution < 1.29 is 68.7 Å². The van der Waals surface area contributed by atoms with Crippen LogP contribution in [-0.2, 0) is 43.3 Å². The molecule has 2 saturated carbocycles. The van der Waals surface area contributed by atoms with Gasteiger partial charge in [-0.1, -0.05) is 29.9 Å². The smallest absolute Gasteiger partial charge is 0.375 e. The Labute approximate surface area is 435 Å². The van der Waals surface area contributed by atoms with E-state index in [4.69, 9.17) is 23.7 Å². The second-order valence-corrected chi connectivity index (χ2v) is 22.7. The van der Waals surface area contributed by atoms with Crippen LogP contribution in [0.1, 0.15) is 85.6 Å². The Bertz CT molecular complexity index is 3020. The average Bonchev–Trinajstić information content (AvgIpc) is 4.26. The van der Waals surface area contributed by atoms with Gasteiger partial charge in [-0.15, -0.1) is 0 Å². The summed E-state index contributed by atoms with van der Waals surface area (Å²) in [5.74, 6) is -4.69. The number of aryl methyl sites for hydroxylation is 1. The van der Waals surface area contributed by atoms with Crippen LogP contribution in [0.25, 0.3) is 16.5 Å². The summed E-state index contributed by atoms with van der Waals surface area (Å²) in [6.07, 6.45) is 14.9. The van der Waals surface area contributed by atoms with E-state index in [9.17, 15) is 45.0 Å². The molecule has 3 fully saturated rings. The minimum absolute atomic E-state index is 0.000685. The van der Waals surface area contributed by atoms with Crippen molar-refractivity contribution in [3.63, 3.8) is 0 Å². The van der Waals surface area contributed by atoms with Gasteiger partial charge in [0.25, 0.3) is 0 Å². The largest absolute Gasteiger partial charge is 0.492 e. The molecule has 0 radical (unpaired) electrons. The van der Waals surface area contributed by atoms with Crippen LogP contribution in [0.15, 0.2) is 77.3 Å². The van der Waals surface area contributed by atoms with Crippen LogP contribution < -0.4 is 14.2 Å². The van der Waals surface area contributed by atoms with E-state index in [0.717, 1.165) is 35.0 Å². The molecule has 2 spiro atoms. The van der Waals surface area contributed by atoms with Gasteiger partial charge in [0.1, 0.15) is 28.6 Å². The van der Waals surface area contributed by atoms with Crippen molar-refractivity contribution in [2.45, 2.75) is 94.5 Å². The highest BCUT2D eigenvalue weighted by Gasteiger charge is 2.80. The summed E-state index contributed by atoms with van der Waals surface area (Å²) in [7, 11) is 1.69. The normalized spacial score (nSPS) is 34.4. The van der Waals surface area contributed by atoms with Crippen molar-refractivity contribution in [3.8, 4) is 17.2 Å². The number of aldehydes is 1. The SMILES string of the molecule is CCOC(=O)C1=C(C=O)C2=C3CC(CO)C(=O)C(C3)c3cc4cc[nH]c4cc3CCC(CO)COc3c4c(c(CO)c(c32)O1)OC1(C=CC23CCC56CCN(CCCOC)CC5C=C(C(O)C=CC2CO)C3C16O)C4. The number of ketones is 1. The lowest BCUT2D eigenvalue weighted by Crippen LogP contribution is -2.80. The van der Waals surface area contributed by atoms with E-state index in [1.54, 1.807) is 20.1 Å². The Kier molecular flexibility index (Phi) is 12.7. The maximum atomic E-state index is 14.8. The number of rotatable bonds is 11. The summed E-state index contributed by atoms with van der Waals surface area (Å²) in [5.41, 5.74) is -0.203. The molecule has 398 valence electrons. The fraction of sp³-hybridized carbons (Fsp3) is 0.542. The van der Waals surface area contributed by atoms with Crippen LogP contribution in [0.4, 0.5) is 0 Å². The van der Waals surface area contributed by atoms with Crippen LogP contribution in [0, 0.1) is 40.4 Å². The van der Waals surface area contributed by atoms with E-state index in [1.165, 1.54) is 0 Å². The molecule has 1 saturated heterocycles. The lowest BCUT2D eigenvalue weighted by Gasteiger charge is -2.73. The third-order valence-electron chi connectivity index (χ3n) is 19.3. The molecule has 11 unspecified atom stereocenters. The van der Waals surface area contributed by atoms with Crippen molar-refractivity contribution in [1.82, 2.24) is 9.88 Å². The minimum Gasteiger partial charge on any atom is -0.492 e. The van der Waals surface area contributed by atoms with E-state index in [-0.39, 0.29) is 96.9 Å². The molecule has 5 heterocycles. The molecular weight excluding hydrogens is 961 g/mol. The molecular formula is C59H68N2O14. The van der Waals surface area contributed by atoms with Gasteiger partial charge in [0.05, 0.1) is 55.8 Å². The van der Waals surface area contributed by atoms with Crippen LogP contribution in [0.2, 0.25) is 0 Å². The van der Waals surface area contributed by atoms with Gasteiger partial charge in [-0.3, -0.25) is 9.59 Å². The molecule has 9 aliphatic rings. The van der Waals surface area contributed by atoms with Gasteiger partial charge in [0.2, 0.25) is 5.76 Å². The third-order valence-corrected chi connectivity index (χ3v) is 19.3. The first-order valence-electron chi connectivity index (χ1n) is 27.0. The summed E-state index contributed by atoms with van der Waals surface area (Å²) >= 11 is 0. The molecule has 1 aromatic heterocycles. The minimum atomic E-state index is -1.75. The van der Waals surface area contributed by atoms with Gasteiger partial charge in [0, 0.05) is 103 Å². The molecule has 75 heavy (non-hydrogen) atoms. The van der Waals surface area contributed by atoms with E-state index >= 15 is 0 Å². The number of Topliss-reactive ketones (excluding diaryl/α,β-unsaturated/α-hetero) is 1. The Morgan fingerprint density at radius 2 is 1.88 bits per heavy atom. The molecule has 6 bridgehead atoms. The topological polar surface area (TPSA) is 238 Å². The maximum absolute atomic E-state index is 14.8.